The molecule has 1 radical (unpaired) electrons. The summed E-state index contributed by atoms with van der Waals surface area (Å²) in [6.07, 6.45) is 10.00. The Morgan fingerprint density at radius 1 is 0.951 bits per heavy atom. The van der Waals surface area contributed by atoms with Crippen molar-refractivity contribution in [3.05, 3.63) is 124 Å². The molecule has 0 spiro atoms. The van der Waals surface area contributed by atoms with E-state index in [9.17, 15) is 0 Å². The van der Waals surface area contributed by atoms with E-state index in [1.165, 1.54) is 33.0 Å². The average Bonchev–Trinajstić information content (AvgIpc) is 3.40. The smallest absolute Gasteiger partial charge is 0.147 e. The third-order valence-electron chi connectivity index (χ3n) is 9.51. The van der Waals surface area contributed by atoms with Crippen molar-refractivity contribution in [1.82, 2.24) is 0 Å². The van der Waals surface area contributed by atoms with Crippen molar-refractivity contribution in [2.24, 2.45) is 21.8 Å². The van der Waals surface area contributed by atoms with E-state index in [0.717, 1.165) is 53.1 Å². The maximum atomic E-state index is 6.42. The first-order chi connectivity index (χ1) is 20.2. The van der Waals surface area contributed by atoms with Crippen LogP contribution in [0.4, 0.5) is 5.69 Å². The molecule has 0 bridgehead atoms. The Labute approximate surface area is 242 Å². The van der Waals surface area contributed by atoms with Crippen LogP contribution in [0.25, 0.3) is 22.4 Å². The molecule has 4 aliphatic rings. The number of rotatable bonds is 4. The van der Waals surface area contributed by atoms with Gasteiger partial charge in [0.1, 0.15) is 12.4 Å². The fourth-order valence-corrected chi connectivity index (χ4v) is 7.45. The minimum Gasteiger partial charge on any atom is -0.487 e. The molecule has 2 aliphatic carbocycles. The highest BCUT2D eigenvalue weighted by atomic mass is 16.5. The summed E-state index contributed by atoms with van der Waals surface area (Å²) in [5, 5.41) is 2.85. The molecular formula is C38H33N2O. The molecule has 2 heterocycles. The third-order valence-corrected chi connectivity index (χ3v) is 9.51. The van der Waals surface area contributed by atoms with Crippen LogP contribution < -0.4 is 0 Å². The van der Waals surface area contributed by atoms with Crippen molar-refractivity contribution < 1.29 is 4.74 Å². The van der Waals surface area contributed by atoms with Crippen LogP contribution in [0.5, 0.6) is 0 Å². The summed E-state index contributed by atoms with van der Waals surface area (Å²) in [6.45, 7) is 5.22. The Hall–Kier alpha value is -4.24. The molecule has 0 amide bonds. The van der Waals surface area contributed by atoms with E-state index >= 15 is 0 Å². The lowest BCUT2D eigenvalue weighted by molar-refractivity contribution is 0.220. The molecule has 201 valence electrons. The number of hydrogen-bond donors (Lipinski definition) is 0. The summed E-state index contributed by atoms with van der Waals surface area (Å²) in [7, 11) is 0. The van der Waals surface area contributed by atoms with Crippen LogP contribution in [0.2, 0.25) is 0 Å². The molecule has 4 unspecified atom stereocenters. The second-order valence-electron chi connectivity index (χ2n) is 12.1. The van der Waals surface area contributed by atoms with E-state index in [0.29, 0.717) is 18.4 Å². The normalized spacial score (nSPS) is 24.0. The number of aliphatic imine (C=N–C) groups is 2. The topological polar surface area (TPSA) is 34.0 Å². The molecular weight excluding hydrogens is 500 g/mol. The largest absolute Gasteiger partial charge is 0.487 e. The van der Waals surface area contributed by atoms with E-state index in [1.54, 1.807) is 0 Å². The summed E-state index contributed by atoms with van der Waals surface area (Å²) < 4.78 is 6.42. The van der Waals surface area contributed by atoms with Gasteiger partial charge in [-0.15, -0.1) is 0 Å². The molecule has 3 nitrogen and oxygen atoms in total. The van der Waals surface area contributed by atoms with Crippen molar-refractivity contribution in [2.45, 2.75) is 51.7 Å². The minimum atomic E-state index is -0.0476. The van der Waals surface area contributed by atoms with Gasteiger partial charge in [-0.25, -0.2) is 4.99 Å². The summed E-state index contributed by atoms with van der Waals surface area (Å²) in [5.74, 6) is 2.15. The Morgan fingerprint density at radius 3 is 2.71 bits per heavy atom. The van der Waals surface area contributed by atoms with Crippen LogP contribution in [-0.4, -0.2) is 18.0 Å². The monoisotopic (exact) mass is 533 g/mol. The SMILES string of the molecule is CC1C=Cc2ccc3c4c(ccc3c2C1)C(C1N=CC(OCc2ccccc2)=C2C1=Nc1c[c]ccc12)C(C)CC4. The number of allylic oxidation sites excluding steroid dienone is 2. The lowest BCUT2D eigenvalue weighted by Crippen LogP contribution is -2.36. The number of aryl methyl sites for hydroxylation is 1. The maximum absolute atomic E-state index is 6.42. The number of nitrogens with zero attached hydrogens (tertiary/aromatic N) is 2. The van der Waals surface area contributed by atoms with Gasteiger partial charge in [0.25, 0.3) is 0 Å². The lowest BCUT2D eigenvalue weighted by atomic mass is 9.69. The molecule has 0 N–H and O–H groups in total. The lowest BCUT2D eigenvalue weighted by Gasteiger charge is -2.37. The quantitative estimate of drug-likeness (QED) is 0.258. The fraction of sp³-hybridized carbons (Fsp3) is 0.263. The summed E-state index contributed by atoms with van der Waals surface area (Å²) in [6, 6.07) is 29.1. The van der Waals surface area contributed by atoms with Gasteiger partial charge in [-0.2, -0.15) is 0 Å². The van der Waals surface area contributed by atoms with Crippen LogP contribution in [0.1, 0.15) is 59.6 Å². The van der Waals surface area contributed by atoms with Gasteiger partial charge in [0.2, 0.25) is 0 Å². The van der Waals surface area contributed by atoms with Crippen molar-refractivity contribution in [3.8, 4) is 0 Å². The van der Waals surface area contributed by atoms with Crippen molar-refractivity contribution in [1.29, 1.82) is 0 Å². The second kappa shape index (κ2) is 9.69. The van der Waals surface area contributed by atoms with Crippen molar-refractivity contribution >= 4 is 40.0 Å². The summed E-state index contributed by atoms with van der Waals surface area (Å²) in [5.41, 5.74) is 11.2. The van der Waals surface area contributed by atoms with Gasteiger partial charge in [0.05, 0.1) is 29.2 Å². The standard InChI is InChI=1S/C38H33N2O/c1-23-12-14-26-15-17-27-28-16-13-24(2)35(30(28)19-18-29(27)32(26)20-23)37-38-36(31-10-6-7-11-33(31)40-38)34(21-39-37)41-22-25-8-4-3-5-9-25/h3-6,8-12,14-15,17-19,21,23-24,35,37H,13,16,20,22H2,1-2H3. The van der Waals surface area contributed by atoms with E-state index in [-0.39, 0.29) is 12.0 Å². The predicted molar refractivity (Wildman–Crippen MR) is 169 cm³/mol. The van der Waals surface area contributed by atoms with Crippen molar-refractivity contribution in [3.63, 3.8) is 0 Å². The van der Waals surface area contributed by atoms with E-state index in [1.807, 2.05) is 36.5 Å². The van der Waals surface area contributed by atoms with Gasteiger partial charge in [-0.3, -0.25) is 4.99 Å². The second-order valence-corrected chi connectivity index (χ2v) is 12.1. The Kier molecular flexibility index (Phi) is 5.80. The van der Waals surface area contributed by atoms with Crippen LogP contribution in [0, 0.1) is 17.9 Å². The zero-order valence-corrected chi connectivity index (χ0v) is 23.6. The molecule has 0 saturated heterocycles. The molecule has 3 heteroatoms. The Morgan fingerprint density at radius 2 is 1.80 bits per heavy atom. The van der Waals surface area contributed by atoms with Gasteiger partial charge in [0, 0.05) is 11.5 Å². The van der Waals surface area contributed by atoms with Crippen LogP contribution in [0.3, 0.4) is 0 Å². The van der Waals surface area contributed by atoms with E-state index in [4.69, 9.17) is 14.7 Å². The Bertz CT molecular complexity index is 1810. The zero-order chi connectivity index (χ0) is 27.5. The number of benzene rings is 4. The molecule has 4 aromatic rings. The van der Waals surface area contributed by atoms with Gasteiger partial charge < -0.3 is 4.74 Å². The molecule has 41 heavy (non-hydrogen) atoms. The maximum Gasteiger partial charge on any atom is 0.147 e. The van der Waals surface area contributed by atoms with E-state index < -0.39 is 0 Å². The molecule has 0 fully saturated rings. The summed E-state index contributed by atoms with van der Waals surface area (Å²) >= 11 is 0. The first-order valence-corrected chi connectivity index (χ1v) is 14.9. The zero-order valence-electron chi connectivity index (χ0n) is 23.6. The highest BCUT2D eigenvalue weighted by molar-refractivity contribution is 6.35. The first-order valence-electron chi connectivity index (χ1n) is 14.9. The number of ether oxygens (including phenoxy) is 1. The van der Waals surface area contributed by atoms with Crippen LogP contribution >= 0.6 is 0 Å². The molecule has 4 aromatic carbocycles. The molecule has 0 aromatic heterocycles. The average molecular weight is 534 g/mol. The molecule has 0 saturated carbocycles. The van der Waals surface area contributed by atoms with Gasteiger partial charge in [-0.1, -0.05) is 92.7 Å². The number of hydrogen-bond acceptors (Lipinski definition) is 3. The van der Waals surface area contributed by atoms with Gasteiger partial charge >= 0.3 is 0 Å². The first kappa shape index (κ1) is 24.5. The fourth-order valence-electron chi connectivity index (χ4n) is 7.45. The van der Waals surface area contributed by atoms with Crippen molar-refractivity contribution in [2.75, 3.05) is 0 Å². The number of dihydropyridines is 1. The Balaban J connectivity index is 1.21. The summed E-state index contributed by atoms with van der Waals surface area (Å²) in [4.78, 5) is 10.4. The van der Waals surface area contributed by atoms with Gasteiger partial charge in [0.15, 0.2) is 0 Å². The van der Waals surface area contributed by atoms with Crippen LogP contribution in [-0.2, 0) is 24.2 Å². The number of fused-ring (bicyclic) bond motifs is 8. The van der Waals surface area contributed by atoms with Gasteiger partial charge in [-0.05, 0) is 81.8 Å². The van der Waals surface area contributed by atoms with Crippen LogP contribution in [0.15, 0.2) is 94.6 Å². The molecule has 8 rings (SSSR count). The van der Waals surface area contributed by atoms with E-state index in [2.05, 4.69) is 74.5 Å². The third kappa shape index (κ3) is 4.01. The predicted octanol–water partition coefficient (Wildman–Crippen LogP) is 8.68. The minimum absolute atomic E-state index is 0.0476. The molecule has 4 atom stereocenters. The highest BCUT2D eigenvalue weighted by Gasteiger charge is 2.42. The highest BCUT2D eigenvalue weighted by Crippen LogP contribution is 2.48. The molecule has 2 aliphatic heterocycles.